The fourth-order valence-corrected chi connectivity index (χ4v) is 4.69. The molecule has 0 aliphatic carbocycles. The van der Waals surface area contributed by atoms with Crippen molar-refractivity contribution in [2.24, 2.45) is 0 Å². The van der Waals surface area contributed by atoms with Crippen LogP contribution in [0.1, 0.15) is 36.5 Å². The van der Waals surface area contributed by atoms with E-state index in [-0.39, 0.29) is 0 Å². The van der Waals surface area contributed by atoms with Gasteiger partial charge in [-0.25, -0.2) is 0 Å². The van der Waals surface area contributed by atoms with Crippen LogP contribution in [0.4, 0.5) is 0 Å². The van der Waals surface area contributed by atoms with Crippen molar-refractivity contribution in [2.75, 3.05) is 19.5 Å². The lowest BCUT2D eigenvalue weighted by molar-refractivity contribution is 0.414. The molecule has 0 spiro atoms. The van der Waals surface area contributed by atoms with Gasteiger partial charge in [-0.3, -0.25) is 0 Å². The maximum atomic E-state index is 5.42. The number of hydrogen-bond donors (Lipinski definition) is 0. The first kappa shape index (κ1) is 23.2. The van der Waals surface area contributed by atoms with Gasteiger partial charge in [-0.2, -0.15) is 0 Å². The number of fused-ring (bicyclic) bond motifs is 1. The molecule has 0 radical (unpaired) electrons. The van der Waals surface area contributed by atoms with Crippen molar-refractivity contribution >= 4 is 38.0 Å². The van der Waals surface area contributed by atoms with Crippen molar-refractivity contribution in [3.63, 3.8) is 0 Å². The molecule has 4 rings (SSSR count). The van der Waals surface area contributed by atoms with Gasteiger partial charge in [0.2, 0.25) is 0 Å². The van der Waals surface area contributed by atoms with Gasteiger partial charge in [-0.1, -0.05) is 65.3 Å². The molecule has 0 aliphatic rings. The Balaban J connectivity index is 1.97. The number of methoxy groups -OCH3 is 2. The van der Waals surface area contributed by atoms with Crippen LogP contribution >= 0.6 is 15.9 Å². The third kappa shape index (κ3) is 4.86. The van der Waals surface area contributed by atoms with Crippen LogP contribution in [0.5, 0.6) is 11.5 Å². The topological polar surface area (TPSA) is 23.4 Å². The second-order valence-corrected chi connectivity index (χ2v) is 8.75. The maximum Gasteiger partial charge on any atom is 0.118 e. The highest BCUT2D eigenvalue weighted by Crippen LogP contribution is 2.39. The van der Waals surface area contributed by atoms with Crippen molar-refractivity contribution in [2.45, 2.75) is 26.3 Å². The Kier molecular flexibility index (Phi) is 7.56. The molecule has 4 heteroatoms. The third-order valence-electron chi connectivity index (χ3n) is 6.06. The second-order valence-electron chi connectivity index (χ2n) is 7.96. The molecule has 170 valence electrons. The van der Waals surface area contributed by atoms with E-state index in [1.807, 2.05) is 24.3 Å². The minimum absolute atomic E-state index is 0.859. The molecule has 0 saturated heterocycles. The van der Waals surface area contributed by atoms with Crippen LogP contribution in [0.2, 0.25) is 0 Å². The lowest BCUT2D eigenvalue weighted by Crippen LogP contribution is -1.97. The number of para-hydroxylation sites is 1. The summed E-state index contributed by atoms with van der Waals surface area (Å²) in [6, 6.07) is 25.5. The minimum Gasteiger partial charge on any atom is -0.497 e. The zero-order chi connectivity index (χ0) is 23.2. The molecule has 0 amide bonds. The summed E-state index contributed by atoms with van der Waals surface area (Å²) in [5, 5.41) is 2.29. The van der Waals surface area contributed by atoms with Crippen LogP contribution in [0.15, 0.2) is 79.0 Å². The molecule has 3 aromatic carbocycles. The number of aromatic nitrogens is 1. The molecule has 33 heavy (non-hydrogen) atoms. The van der Waals surface area contributed by atoms with E-state index in [9.17, 15) is 0 Å². The smallest absolute Gasteiger partial charge is 0.118 e. The molecular formula is C29H30BrNO2. The molecular weight excluding hydrogens is 474 g/mol. The van der Waals surface area contributed by atoms with Crippen molar-refractivity contribution in [1.82, 2.24) is 4.57 Å². The van der Waals surface area contributed by atoms with Crippen LogP contribution in [-0.2, 0) is 6.54 Å². The summed E-state index contributed by atoms with van der Waals surface area (Å²) in [7, 11) is 3.41. The lowest BCUT2D eigenvalue weighted by Gasteiger charge is -2.16. The molecule has 0 unspecified atom stereocenters. The molecule has 1 aromatic heterocycles. The van der Waals surface area contributed by atoms with Crippen molar-refractivity contribution in [3.8, 4) is 11.5 Å². The first-order chi connectivity index (χ1) is 16.2. The number of benzene rings is 3. The van der Waals surface area contributed by atoms with E-state index in [1.165, 1.54) is 38.7 Å². The van der Waals surface area contributed by atoms with Crippen molar-refractivity contribution in [1.29, 1.82) is 0 Å². The molecule has 0 saturated carbocycles. The number of allylic oxidation sites excluding steroid dienone is 1. The summed E-state index contributed by atoms with van der Waals surface area (Å²) in [5.74, 6) is 1.72. The van der Waals surface area contributed by atoms with E-state index in [0.29, 0.717) is 0 Å². The molecule has 4 aromatic rings. The highest BCUT2D eigenvalue weighted by Gasteiger charge is 2.18. The van der Waals surface area contributed by atoms with E-state index in [1.54, 1.807) is 14.2 Å². The van der Waals surface area contributed by atoms with E-state index >= 15 is 0 Å². The quantitative estimate of drug-likeness (QED) is 0.217. The Labute approximate surface area is 204 Å². The van der Waals surface area contributed by atoms with Crippen LogP contribution in [0.25, 0.3) is 22.0 Å². The molecule has 1 heterocycles. The van der Waals surface area contributed by atoms with Crippen LogP contribution < -0.4 is 9.47 Å². The Morgan fingerprint density at radius 2 is 1.39 bits per heavy atom. The van der Waals surface area contributed by atoms with Gasteiger partial charge in [0.15, 0.2) is 0 Å². The zero-order valence-electron chi connectivity index (χ0n) is 19.5. The number of aryl methyl sites for hydroxylation is 1. The summed E-state index contributed by atoms with van der Waals surface area (Å²) in [5.41, 5.74) is 7.50. The third-order valence-corrected chi connectivity index (χ3v) is 6.62. The SMILES string of the molecule is CCC(=C(c1ccc(OC)cc1)c1ccc(OC)cc1)c1cn(CCCBr)c2ccccc12. The normalized spacial score (nSPS) is 10.9. The first-order valence-electron chi connectivity index (χ1n) is 11.4. The monoisotopic (exact) mass is 503 g/mol. The average molecular weight is 504 g/mol. The molecule has 0 bridgehead atoms. The minimum atomic E-state index is 0.859. The Bertz CT molecular complexity index is 1190. The highest BCUT2D eigenvalue weighted by atomic mass is 79.9. The largest absolute Gasteiger partial charge is 0.497 e. The fraction of sp³-hybridized carbons (Fsp3) is 0.241. The predicted octanol–water partition coefficient (Wildman–Crippen LogP) is 7.81. The fourth-order valence-electron chi connectivity index (χ4n) is 4.43. The van der Waals surface area contributed by atoms with Crippen LogP contribution in [-0.4, -0.2) is 24.1 Å². The van der Waals surface area contributed by atoms with Crippen molar-refractivity contribution in [3.05, 3.63) is 95.7 Å². The number of ether oxygens (including phenoxy) is 2. The Morgan fingerprint density at radius 3 is 1.91 bits per heavy atom. The summed E-state index contributed by atoms with van der Waals surface area (Å²) in [6.07, 6.45) is 4.34. The van der Waals surface area contributed by atoms with Gasteiger partial charge in [-0.05, 0) is 65.4 Å². The average Bonchev–Trinajstić information content (AvgIpc) is 3.24. The van der Waals surface area contributed by atoms with E-state index in [4.69, 9.17) is 9.47 Å². The lowest BCUT2D eigenvalue weighted by atomic mass is 9.88. The zero-order valence-corrected chi connectivity index (χ0v) is 21.1. The van der Waals surface area contributed by atoms with Gasteiger partial charge in [0.1, 0.15) is 11.5 Å². The number of rotatable bonds is 9. The number of halogens is 1. The van der Waals surface area contributed by atoms with Gasteiger partial charge in [-0.15, -0.1) is 0 Å². The molecule has 0 aliphatic heterocycles. The number of nitrogens with zero attached hydrogens (tertiary/aromatic N) is 1. The van der Waals surface area contributed by atoms with Gasteiger partial charge in [0.05, 0.1) is 14.2 Å². The summed E-state index contributed by atoms with van der Waals surface area (Å²) < 4.78 is 13.2. The van der Waals surface area contributed by atoms with E-state index < -0.39 is 0 Å². The molecule has 3 nitrogen and oxygen atoms in total. The summed E-state index contributed by atoms with van der Waals surface area (Å²) in [6.45, 7) is 3.23. The summed E-state index contributed by atoms with van der Waals surface area (Å²) >= 11 is 3.59. The summed E-state index contributed by atoms with van der Waals surface area (Å²) in [4.78, 5) is 0. The van der Waals surface area contributed by atoms with Crippen LogP contribution in [0.3, 0.4) is 0 Å². The van der Waals surface area contributed by atoms with Gasteiger partial charge in [0.25, 0.3) is 0 Å². The highest BCUT2D eigenvalue weighted by molar-refractivity contribution is 9.09. The maximum absolute atomic E-state index is 5.42. The Hall–Kier alpha value is -2.98. The number of hydrogen-bond acceptors (Lipinski definition) is 2. The van der Waals surface area contributed by atoms with Crippen molar-refractivity contribution < 1.29 is 9.47 Å². The second kappa shape index (κ2) is 10.8. The standard InChI is InChI=1S/C29H30BrNO2/c1-4-25(27-20-31(19-7-18-30)28-9-6-5-8-26(27)28)29(21-10-14-23(32-2)15-11-21)22-12-16-24(33-3)17-13-22/h5-6,8-17,20H,4,7,18-19H2,1-3H3. The molecule has 0 atom stereocenters. The van der Waals surface area contributed by atoms with E-state index in [2.05, 4.69) is 82.1 Å². The van der Waals surface area contributed by atoms with E-state index in [0.717, 1.165) is 36.2 Å². The first-order valence-corrected chi connectivity index (χ1v) is 12.5. The molecule has 0 N–H and O–H groups in total. The van der Waals surface area contributed by atoms with Gasteiger partial charge in [0, 0.05) is 34.5 Å². The number of alkyl halides is 1. The predicted molar refractivity (Wildman–Crippen MR) is 143 cm³/mol. The Morgan fingerprint density at radius 1 is 0.818 bits per heavy atom. The molecule has 0 fully saturated rings. The van der Waals surface area contributed by atoms with Gasteiger partial charge < -0.3 is 14.0 Å². The van der Waals surface area contributed by atoms with Crippen LogP contribution in [0, 0.1) is 0 Å². The van der Waals surface area contributed by atoms with Gasteiger partial charge >= 0.3 is 0 Å².